The largest absolute Gasteiger partial charge is 0.469 e. The van der Waals surface area contributed by atoms with Gasteiger partial charge in [0, 0.05) is 24.7 Å². The molecule has 1 heterocycles. The van der Waals surface area contributed by atoms with E-state index < -0.39 is 0 Å². The van der Waals surface area contributed by atoms with Crippen LogP contribution in [0.15, 0.2) is 16.9 Å². The molecule has 0 spiro atoms. The maximum atomic E-state index is 11.8. The lowest BCUT2D eigenvalue weighted by atomic mass is 10.2. The molecule has 1 aromatic rings. The first-order valence-electron chi connectivity index (χ1n) is 6.01. The van der Waals surface area contributed by atoms with Crippen LogP contribution < -0.4 is 5.56 Å². The predicted octanol–water partition coefficient (Wildman–Crippen LogP) is 1.29. The van der Waals surface area contributed by atoms with Crippen molar-refractivity contribution in [2.45, 2.75) is 38.6 Å². The van der Waals surface area contributed by atoms with E-state index >= 15 is 0 Å². The molecule has 0 aliphatic heterocycles. The zero-order valence-corrected chi connectivity index (χ0v) is 10.1. The molecule has 0 radical (unpaired) electrons. The molecule has 4 nitrogen and oxygen atoms in total. The lowest BCUT2D eigenvalue weighted by Crippen LogP contribution is -2.23. The first-order chi connectivity index (χ1) is 8.22. The Bertz CT molecular complexity index is 476. The van der Waals surface area contributed by atoms with Crippen molar-refractivity contribution in [3.8, 4) is 0 Å². The number of methoxy groups -OCH3 is 1. The third-order valence-electron chi connectivity index (χ3n) is 3.24. The molecule has 0 bridgehead atoms. The fourth-order valence-corrected chi connectivity index (χ4v) is 2.36. The minimum Gasteiger partial charge on any atom is -0.469 e. The topological polar surface area (TPSA) is 48.3 Å². The second-order valence-corrected chi connectivity index (χ2v) is 4.33. The van der Waals surface area contributed by atoms with E-state index in [1.807, 2.05) is 10.6 Å². The third-order valence-corrected chi connectivity index (χ3v) is 3.24. The third kappa shape index (κ3) is 2.57. The van der Waals surface area contributed by atoms with E-state index in [9.17, 15) is 9.59 Å². The molecule has 0 fully saturated rings. The highest BCUT2D eigenvalue weighted by atomic mass is 16.5. The molecule has 2 rings (SSSR count). The summed E-state index contributed by atoms with van der Waals surface area (Å²) < 4.78 is 6.40. The Balaban J connectivity index is 2.08. The van der Waals surface area contributed by atoms with Crippen molar-refractivity contribution in [2.75, 3.05) is 7.11 Å². The van der Waals surface area contributed by atoms with Gasteiger partial charge in [-0.2, -0.15) is 0 Å². The number of carbonyl (C=O) groups is 1. The number of hydrogen-bond acceptors (Lipinski definition) is 3. The molecule has 1 aromatic heterocycles. The number of hydrogen-bond donors (Lipinski definition) is 0. The summed E-state index contributed by atoms with van der Waals surface area (Å²) in [5, 5.41) is 0. The first-order valence-corrected chi connectivity index (χ1v) is 6.01. The normalized spacial score (nSPS) is 13.5. The number of aryl methyl sites for hydroxylation is 1. The number of rotatable bonds is 4. The number of carbonyl (C=O) groups excluding carboxylic acids is 1. The average molecular weight is 235 g/mol. The lowest BCUT2D eigenvalue weighted by molar-refractivity contribution is -0.140. The van der Waals surface area contributed by atoms with Gasteiger partial charge in [0.05, 0.1) is 7.11 Å². The van der Waals surface area contributed by atoms with Crippen LogP contribution in [0.3, 0.4) is 0 Å². The smallest absolute Gasteiger partial charge is 0.305 e. The summed E-state index contributed by atoms with van der Waals surface area (Å²) in [4.78, 5) is 22.8. The van der Waals surface area contributed by atoms with Gasteiger partial charge in [-0.25, -0.2) is 0 Å². The highest BCUT2D eigenvalue weighted by Crippen LogP contribution is 2.20. The fraction of sp³-hybridized carbons (Fsp3) is 0.538. The van der Waals surface area contributed by atoms with Crippen molar-refractivity contribution >= 4 is 5.97 Å². The maximum Gasteiger partial charge on any atom is 0.305 e. The summed E-state index contributed by atoms with van der Waals surface area (Å²) in [6, 6.07) is 3.56. The summed E-state index contributed by atoms with van der Waals surface area (Å²) in [6.07, 6.45) is 4.18. The van der Waals surface area contributed by atoms with E-state index in [4.69, 9.17) is 0 Å². The SMILES string of the molecule is COC(=O)CCCn1c2c(ccc1=O)CCC2. The molecule has 1 aliphatic carbocycles. The van der Waals surface area contributed by atoms with Crippen molar-refractivity contribution in [3.63, 3.8) is 0 Å². The van der Waals surface area contributed by atoms with Gasteiger partial charge in [0.15, 0.2) is 0 Å². The van der Waals surface area contributed by atoms with E-state index in [-0.39, 0.29) is 11.5 Å². The molecule has 0 unspecified atom stereocenters. The first kappa shape index (κ1) is 11.9. The van der Waals surface area contributed by atoms with Crippen molar-refractivity contribution in [1.29, 1.82) is 0 Å². The maximum absolute atomic E-state index is 11.8. The zero-order chi connectivity index (χ0) is 12.3. The van der Waals surface area contributed by atoms with Gasteiger partial charge >= 0.3 is 5.97 Å². The van der Waals surface area contributed by atoms with E-state index in [0.717, 1.165) is 25.0 Å². The Kier molecular flexibility index (Phi) is 3.61. The Labute approximate surface area is 100 Å². The van der Waals surface area contributed by atoms with Gasteiger partial charge in [0.25, 0.3) is 5.56 Å². The molecular formula is C13H17NO3. The van der Waals surface area contributed by atoms with Crippen LogP contribution >= 0.6 is 0 Å². The van der Waals surface area contributed by atoms with Crippen LogP contribution in [-0.2, 0) is 28.9 Å². The van der Waals surface area contributed by atoms with Gasteiger partial charge in [-0.1, -0.05) is 6.07 Å². The molecule has 0 saturated carbocycles. The molecule has 17 heavy (non-hydrogen) atoms. The van der Waals surface area contributed by atoms with Crippen molar-refractivity contribution < 1.29 is 9.53 Å². The van der Waals surface area contributed by atoms with Gasteiger partial charge < -0.3 is 9.30 Å². The molecule has 0 aromatic carbocycles. The van der Waals surface area contributed by atoms with Gasteiger partial charge in [-0.05, 0) is 31.2 Å². The molecular weight excluding hydrogens is 218 g/mol. The Morgan fingerprint density at radius 2 is 2.24 bits per heavy atom. The van der Waals surface area contributed by atoms with Crippen LogP contribution in [0.25, 0.3) is 0 Å². The minimum atomic E-state index is -0.217. The van der Waals surface area contributed by atoms with Crippen molar-refractivity contribution in [1.82, 2.24) is 4.57 Å². The van der Waals surface area contributed by atoms with E-state index in [2.05, 4.69) is 4.74 Å². The van der Waals surface area contributed by atoms with Crippen LogP contribution in [0.4, 0.5) is 0 Å². The summed E-state index contributed by atoms with van der Waals surface area (Å²) in [7, 11) is 1.38. The van der Waals surface area contributed by atoms with Crippen LogP contribution in [0.2, 0.25) is 0 Å². The lowest BCUT2D eigenvalue weighted by Gasteiger charge is -2.11. The number of fused-ring (bicyclic) bond motifs is 1. The molecule has 1 aliphatic rings. The number of pyridine rings is 1. The van der Waals surface area contributed by atoms with Crippen LogP contribution in [0, 0.1) is 0 Å². The van der Waals surface area contributed by atoms with Crippen LogP contribution in [0.5, 0.6) is 0 Å². The minimum absolute atomic E-state index is 0.0375. The van der Waals surface area contributed by atoms with Gasteiger partial charge in [0.1, 0.15) is 0 Å². The number of esters is 1. The van der Waals surface area contributed by atoms with E-state index in [1.54, 1.807) is 6.07 Å². The van der Waals surface area contributed by atoms with Crippen molar-refractivity contribution in [3.05, 3.63) is 33.7 Å². The Hall–Kier alpha value is -1.58. The van der Waals surface area contributed by atoms with Crippen molar-refractivity contribution in [2.24, 2.45) is 0 Å². The highest BCUT2D eigenvalue weighted by molar-refractivity contribution is 5.68. The van der Waals surface area contributed by atoms with E-state index in [0.29, 0.717) is 19.4 Å². The van der Waals surface area contributed by atoms with Crippen LogP contribution in [-0.4, -0.2) is 17.6 Å². The quantitative estimate of drug-likeness (QED) is 0.739. The summed E-state index contributed by atoms with van der Waals surface area (Å²) in [5.74, 6) is -0.217. The monoisotopic (exact) mass is 235 g/mol. The predicted molar refractivity (Wildman–Crippen MR) is 64.0 cm³/mol. The molecule has 0 N–H and O–H groups in total. The summed E-state index contributed by atoms with van der Waals surface area (Å²) >= 11 is 0. The molecule has 4 heteroatoms. The molecule has 0 atom stereocenters. The van der Waals surface area contributed by atoms with E-state index in [1.165, 1.54) is 12.7 Å². The second-order valence-electron chi connectivity index (χ2n) is 4.33. The molecule has 0 amide bonds. The summed E-state index contributed by atoms with van der Waals surface area (Å²) in [5.41, 5.74) is 2.47. The Morgan fingerprint density at radius 1 is 1.41 bits per heavy atom. The average Bonchev–Trinajstić information content (AvgIpc) is 2.80. The van der Waals surface area contributed by atoms with Crippen LogP contribution in [0.1, 0.15) is 30.5 Å². The number of aromatic nitrogens is 1. The summed E-state index contributed by atoms with van der Waals surface area (Å²) in [6.45, 7) is 0.608. The molecule has 0 saturated heterocycles. The zero-order valence-electron chi connectivity index (χ0n) is 10.1. The van der Waals surface area contributed by atoms with Gasteiger partial charge in [-0.15, -0.1) is 0 Å². The number of nitrogens with zero attached hydrogens (tertiary/aromatic N) is 1. The fourth-order valence-electron chi connectivity index (χ4n) is 2.36. The molecule has 92 valence electrons. The Morgan fingerprint density at radius 3 is 3.00 bits per heavy atom. The number of ether oxygens (including phenoxy) is 1. The second kappa shape index (κ2) is 5.17. The standard InChI is InChI=1S/C13H17NO3/c1-17-13(16)6-3-9-14-11-5-2-4-10(11)7-8-12(14)15/h7-8H,2-6,9H2,1H3. The highest BCUT2D eigenvalue weighted by Gasteiger charge is 2.15. The van der Waals surface area contributed by atoms with Gasteiger partial charge in [-0.3, -0.25) is 9.59 Å². The van der Waals surface area contributed by atoms with Gasteiger partial charge in [0.2, 0.25) is 0 Å².